The van der Waals surface area contributed by atoms with Crippen molar-refractivity contribution in [3.05, 3.63) is 10.7 Å². The van der Waals surface area contributed by atoms with Crippen molar-refractivity contribution in [2.45, 2.75) is 36.3 Å². The Morgan fingerprint density at radius 3 is 2.29 bits per heavy atom. The van der Waals surface area contributed by atoms with E-state index in [-0.39, 0.29) is 8.68 Å². The van der Waals surface area contributed by atoms with Gasteiger partial charge in [0.05, 0.1) is 6.20 Å². The second kappa shape index (κ2) is 5.65. The number of nitrogens with zero attached hydrogens (tertiary/aromatic N) is 2. The fourth-order valence-corrected chi connectivity index (χ4v) is 4.91. The first-order chi connectivity index (χ1) is 8.10. The summed E-state index contributed by atoms with van der Waals surface area (Å²) in [6.07, 6.45) is 6.64. The molecule has 0 spiro atoms. The molecule has 96 valence electrons. The molecule has 0 radical (unpaired) electrons. The smallest absolute Gasteiger partial charge is 0.232 e. The van der Waals surface area contributed by atoms with Gasteiger partial charge in [0.25, 0.3) is 10.0 Å². The SMILES string of the molecule is O=S(=O)(c1cnc(Cl)s1)N1CCCCCCC1. The third-order valence-corrected chi connectivity index (χ3v) is 6.32. The molecule has 0 unspecified atom stereocenters. The minimum Gasteiger partial charge on any atom is -0.232 e. The van der Waals surface area contributed by atoms with Crippen molar-refractivity contribution in [2.24, 2.45) is 0 Å². The molecular weight excluding hydrogens is 280 g/mol. The van der Waals surface area contributed by atoms with Crippen LogP contribution in [0.4, 0.5) is 0 Å². The van der Waals surface area contributed by atoms with Crippen LogP contribution in [0.1, 0.15) is 32.1 Å². The predicted molar refractivity (Wildman–Crippen MR) is 69.0 cm³/mol. The number of thiazole rings is 1. The van der Waals surface area contributed by atoms with Gasteiger partial charge >= 0.3 is 0 Å². The van der Waals surface area contributed by atoms with Gasteiger partial charge in [-0.25, -0.2) is 13.4 Å². The highest BCUT2D eigenvalue weighted by Crippen LogP contribution is 2.26. The van der Waals surface area contributed by atoms with Crippen LogP contribution in [0.25, 0.3) is 0 Å². The molecule has 0 saturated carbocycles. The fraction of sp³-hybridized carbons (Fsp3) is 0.700. The molecule has 0 atom stereocenters. The van der Waals surface area contributed by atoms with Gasteiger partial charge < -0.3 is 0 Å². The first kappa shape index (κ1) is 13.3. The minimum absolute atomic E-state index is 0.253. The summed E-state index contributed by atoms with van der Waals surface area (Å²) in [4.78, 5) is 3.80. The third kappa shape index (κ3) is 3.19. The van der Waals surface area contributed by atoms with Gasteiger partial charge in [-0.2, -0.15) is 4.31 Å². The summed E-state index contributed by atoms with van der Waals surface area (Å²) in [5, 5.41) is 0. The summed E-state index contributed by atoms with van der Waals surface area (Å²) >= 11 is 6.71. The maximum absolute atomic E-state index is 12.3. The van der Waals surface area contributed by atoms with Crippen LogP contribution < -0.4 is 0 Å². The van der Waals surface area contributed by atoms with Crippen molar-refractivity contribution in [3.8, 4) is 0 Å². The van der Waals surface area contributed by atoms with Crippen molar-refractivity contribution in [1.29, 1.82) is 0 Å². The Labute approximate surface area is 111 Å². The van der Waals surface area contributed by atoms with Gasteiger partial charge in [0.2, 0.25) is 0 Å². The van der Waals surface area contributed by atoms with Gasteiger partial charge in [0, 0.05) is 13.1 Å². The van der Waals surface area contributed by atoms with Gasteiger partial charge in [0.15, 0.2) is 8.68 Å². The normalized spacial score (nSPS) is 19.8. The average molecular weight is 295 g/mol. The standard InChI is InChI=1S/C10H15ClN2O2S2/c11-10-12-8-9(16-10)17(14,15)13-6-4-2-1-3-5-7-13/h8H,1-7H2. The van der Waals surface area contributed by atoms with Crippen LogP contribution in [-0.2, 0) is 10.0 Å². The van der Waals surface area contributed by atoms with Gasteiger partial charge in [-0.05, 0) is 12.8 Å². The van der Waals surface area contributed by atoms with Crippen molar-refractivity contribution < 1.29 is 8.42 Å². The highest BCUT2D eigenvalue weighted by Gasteiger charge is 2.26. The summed E-state index contributed by atoms with van der Waals surface area (Å²) in [5.74, 6) is 0. The molecule has 1 aromatic rings. The average Bonchev–Trinajstić information content (AvgIpc) is 2.64. The van der Waals surface area contributed by atoms with Crippen LogP contribution in [0, 0.1) is 0 Å². The zero-order valence-electron chi connectivity index (χ0n) is 9.43. The lowest BCUT2D eigenvalue weighted by molar-refractivity contribution is 0.365. The van der Waals surface area contributed by atoms with Gasteiger partial charge in [-0.1, -0.05) is 42.2 Å². The lowest BCUT2D eigenvalue weighted by Crippen LogP contribution is -2.33. The molecule has 0 aromatic carbocycles. The van der Waals surface area contributed by atoms with Crippen LogP contribution in [0.15, 0.2) is 10.4 Å². The quantitative estimate of drug-likeness (QED) is 0.843. The summed E-state index contributed by atoms with van der Waals surface area (Å²) in [6, 6.07) is 0. The van der Waals surface area contributed by atoms with Gasteiger partial charge in [0.1, 0.15) is 0 Å². The van der Waals surface area contributed by atoms with Crippen molar-refractivity contribution >= 4 is 33.0 Å². The van der Waals surface area contributed by atoms with E-state index in [1.54, 1.807) is 4.31 Å². The largest absolute Gasteiger partial charge is 0.254 e. The Morgan fingerprint density at radius 1 is 1.18 bits per heavy atom. The molecule has 17 heavy (non-hydrogen) atoms. The minimum atomic E-state index is -3.38. The lowest BCUT2D eigenvalue weighted by Gasteiger charge is -2.23. The van der Waals surface area contributed by atoms with E-state index in [1.165, 1.54) is 12.6 Å². The zero-order valence-corrected chi connectivity index (χ0v) is 11.8. The van der Waals surface area contributed by atoms with Gasteiger partial charge in [-0.15, -0.1) is 0 Å². The van der Waals surface area contributed by atoms with Crippen molar-refractivity contribution in [3.63, 3.8) is 0 Å². The second-order valence-corrected chi connectivity index (χ2v) is 7.88. The molecule has 0 N–H and O–H groups in total. The zero-order chi connectivity index (χ0) is 12.3. The topological polar surface area (TPSA) is 50.3 Å². The first-order valence-corrected chi connectivity index (χ1v) is 8.35. The molecule has 1 aliphatic rings. The van der Waals surface area contributed by atoms with E-state index in [9.17, 15) is 8.42 Å². The van der Waals surface area contributed by atoms with E-state index < -0.39 is 10.0 Å². The highest BCUT2D eigenvalue weighted by atomic mass is 35.5. The van der Waals surface area contributed by atoms with E-state index >= 15 is 0 Å². The van der Waals surface area contributed by atoms with E-state index in [2.05, 4.69) is 4.98 Å². The van der Waals surface area contributed by atoms with E-state index in [4.69, 9.17) is 11.6 Å². The summed E-state index contributed by atoms with van der Waals surface area (Å²) in [5.41, 5.74) is 0. The molecule has 0 amide bonds. The number of halogens is 1. The molecule has 1 aromatic heterocycles. The number of hydrogen-bond acceptors (Lipinski definition) is 4. The maximum Gasteiger partial charge on any atom is 0.254 e. The highest BCUT2D eigenvalue weighted by molar-refractivity contribution is 7.91. The fourth-order valence-electron chi connectivity index (χ4n) is 1.94. The number of rotatable bonds is 2. The molecule has 2 heterocycles. The molecule has 2 rings (SSSR count). The predicted octanol–water partition coefficient (Wildman–Crippen LogP) is 2.75. The monoisotopic (exact) mass is 294 g/mol. The lowest BCUT2D eigenvalue weighted by atomic mass is 10.1. The Balaban J connectivity index is 2.18. The molecular formula is C10H15ClN2O2S2. The number of hydrogen-bond donors (Lipinski definition) is 0. The number of aromatic nitrogens is 1. The molecule has 1 fully saturated rings. The van der Waals surface area contributed by atoms with Crippen LogP contribution in [0.3, 0.4) is 0 Å². The maximum atomic E-state index is 12.3. The Kier molecular flexibility index (Phi) is 4.41. The van der Waals surface area contributed by atoms with Crippen LogP contribution in [0.5, 0.6) is 0 Å². The molecule has 1 saturated heterocycles. The third-order valence-electron chi connectivity index (χ3n) is 2.87. The van der Waals surface area contributed by atoms with Crippen LogP contribution in [0.2, 0.25) is 4.47 Å². The molecule has 7 heteroatoms. The molecule has 0 bridgehead atoms. The summed E-state index contributed by atoms with van der Waals surface area (Å²) in [7, 11) is -3.38. The van der Waals surface area contributed by atoms with E-state index in [0.717, 1.165) is 37.0 Å². The van der Waals surface area contributed by atoms with E-state index in [0.29, 0.717) is 13.1 Å². The Hall–Kier alpha value is -0.170. The molecule has 1 aliphatic heterocycles. The molecule has 4 nitrogen and oxygen atoms in total. The Morgan fingerprint density at radius 2 is 1.76 bits per heavy atom. The first-order valence-electron chi connectivity index (χ1n) is 5.72. The van der Waals surface area contributed by atoms with Gasteiger partial charge in [-0.3, -0.25) is 0 Å². The van der Waals surface area contributed by atoms with Crippen molar-refractivity contribution in [1.82, 2.24) is 9.29 Å². The summed E-state index contributed by atoms with van der Waals surface area (Å²) in [6.45, 7) is 1.22. The molecule has 0 aliphatic carbocycles. The Bertz CT molecular complexity index is 464. The van der Waals surface area contributed by atoms with E-state index in [1.807, 2.05) is 0 Å². The second-order valence-electron chi connectivity index (χ2n) is 4.10. The summed E-state index contributed by atoms with van der Waals surface area (Å²) < 4.78 is 26.7. The number of sulfonamides is 1. The van der Waals surface area contributed by atoms with Crippen LogP contribution >= 0.6 is 22.9 Å². The van der Waals surface area contributed by atoms with Crippen LogP contribution in [-0.4, -0.2) is 30.8 Å². The van der Waals surface area contributed by atoms with Crippen molar-refractivity contribution in [2.75, 3.05) is 13.1 Å².